The molecule has 0 spiro atoms. The molecule has 0 aliphatic carbocycles. The molecule has 0 aliphatic heterocycles. The molecule has 0 saturated carbocycles. The van der Waals surface area contributed by atoms with Crippen LogP contribution in [-0.4, -0.2) is 40.2 Å². The lowest BCUT2D eigenvalue weighted by Gasteiger charge is -2.09. The van der Waals surface area contributed by atoms with Gasteiger partial charge in [0.25, 0.3) is 10.1 Å². The van der Waals surface area contributed by atoms with Crippen LogP contribution in [0.5, 0.6) is 5.75 Å². The number of nitrogen functional groups attached to an aromatic ring is 1. The van der Waals surface area contributed by atoms with E-state index in [0.29, 0.717) is 27.5 Å². The molecule has 44 heavy (non-hydrogen) atoms. The van der Waals surface area contributed by atoms with E-state index < -0.39 is 38.4 Å². The first-order valence-corrected chi connectivity index (χ1v) is 13.4. The fourth-order valence-corrected chi connectivity index (χ4v) is 4.88. The highest BCUT2D eigenvalue weighted by atomic mass is 32.2. The molecule has 0 heterocycles. The monoisotopic (exact) mass is 621 g/mol. The second-order valence-corrected chi connectivity index (χ2v) is 10.3. The zero-order chi connectivity index (χ0) is 30.2. The number of benzene rings is 5. The molecule has 0 unspecified atom stereocenters. The molecular weight excluding hydrogens is 594 g/mol. The van der Waals surface area contributed by atoms with Crippen LogP contribution in [0.2, 0.25) is 0 Å². The zero-order valence-electron chi connectivity index (χ0n) is 23.2. The molecule has 226 valence electrons. The highest BCUT2D eigenvalue weighted by Gasteiger charge is 2.22. The van der Waals surface area contributed by atoms with E-state index in [1.807, 2.05) is 0 Å². The van der Waals surface area contributed by atoms with Crippen molar-refractivity contribution >= 4 is 72.0 Å². The Hall–Kier alpha value is -5.81. The van der Waals surface area contributed by atoms with Gasteiger partial charge in [0, 0.05) is 21.8 Å². The van der Waals surface area contributed by atoms with Gasteiger partial charge in [0.15, 0.2) is 5.75 Å². The molecule has 5 aromatic carbocycles. The molecule has 0 aliphatic rings. The third-order valence-electron chi connectivity index (χ3n) is 6.18. The van der Waals surface area contributed by atoms with Crippen LogP contribution in [-0.2, 0) is 10.1 Å². The van der Waals surface area contributed by atoms with Crippen molar-refractivity contribution in [2.45, 2.75) is 4.90 Å². The van der Waals surface area contributed by atoms with Crippen LogP contribution in [0.4, 0.5) is 28.4 Å². The van der Waals surface area contributed by atoms with Gasteiger partial charge in [0.1, 0.15) is 10.6 Å². The molecule has 0 saturated heterocycles. The normalized spacial score (nSPS) is 11.5. The largest absolute Gasteiger partial charge is 0.505 e. The summed E-state index contributed by atoms with van der Waals surface area (Å²) in [6, 6.07) is 18.8. The van der Waals surface area contributed by atoms with Crippen molar-refractivity contribution in [2.24, 2.45) is 20.5 Å². The summed E-state index contributed by atoms with van der Waals surface area (Å²) in [5.41, 5.74) is 5.67. The molecule has 0 atom stereocenters. The molecule has 5 rings (SSSR count). The number of nitrogens with zero attached hydrogens (tertiary/aromatic N) is 4. The fraction of sp³-hybridized carbons (Fsp3) is 0. The quantitative estimate of drug-likeness (QED) is 0.0536. The van der Waals surface area contributed by atoms with Gasteiger partial charge in [-0.1, -0.05) is 30.3 Å². The maximum Gasteiger partial charge on any atom is 0.335 e. The van der Waals surface area contributed by atoms with Crippen molar-refractivity contribution in [1.82, 2.24) is 12.3 Å². The standard InChI is InChI=1S/C28H19N5O8S.2H3N/c29-17-6-5-14-12-24(42(39,40)41)25(26(34)21(14)13-17)33-32-23-8-7-22(19-3-1-2-4-20(19)23)31-30-18-10-15(27(35)36)9-16(11-18)28(37)38;;/h1-13,34H,29H2,(H,35,36)(H,37,38)(H,39,40,41);2*1H3/p+2. The molecule has 16 heteroatoms. The summed E-state index contributed by atoms with van der Waals surface area (Å²) < 4.78 is 34.0. The van der Waals surface area contributed by atoms with Crippen LogP contribution < -0.4 is 18.0 Å². The highest BCUT2D eigenvalue weighted by molar-refractivity contribution is 7.86. The summed E-state index contributed by atoms with van der Waals surface area (Å²) in [6.07, 6.45) is 0. The summed E-state index contributed by atoms with van der Waals surface area (Å²) in [7, 11) is -4.81. The van der Waals surface area contributed by atoms with E-state index in [-0.39, 0.29) is 40.2 Å². The van der Waals surface area contributed by atoms with E-state index in [4.69, 9.17) is 5.73 Å². The average molecular weight is 622 g/mol. The number of quaternary nitrogens is 2. The van der Waals surface area contributed by atoms with Crippen molar-refractivity contribution in [3.8, 4) is 5.75 Å². The Balaban J connectivity index is 0.00000264. The molecule has 0 amide bonds. The lowest BCUT2D eigenvalue weighted by molar-refractivity contribution is 0.0696. The van der Waals surface area contributed by atoms with Gasteiger partial charge in [-0.2, -0.15) is 13.5 Å². The van der Waals surface area contributed by atoms with Crippen LogP contribution in [0, 0.1) is 0 Å². The first-order chi connectivity index (χ1) is 19.9. The van der Waals surface area contributed by atoms with Crippen molar-refractivity contribution in [3.63, 3.8) is 0 Å². The van der Waals surface area contributed by atoms with Crippen molar-refractivity contribution in [2.75, 3.05) is 5.73 Å². The molecule has 15 nitrogen and oxygen atoms in total. The summed E-state index contributed by atoms with van der Waals surface area (Å²) in [5.74, 6) is -3.20. The van der Waals surface area contributed by atoms with E-state index in [0.717, 1.165) is 12.1 Å². The second-order valence-electron chi connectivity index (χ2n) is 8.96. The predicted molar refractivity (Wildman–Crippen MR) is 164 cm³/mol. The topological polar surface area (TPSA) is 298 Å². The number of anilines is 1. The SMILES string of the molecule is Nc1ccc2cc(S(=O)(=O)O)c(N=Nc3ccc(N=Nc4cc(C(=O)O)cc(C(=O)O)c4)c4ccccc34)c(O)c2c1.[NH4+].[NH4+]. The third kappa shape index (κ3) is 6.48. The smallest absolute Gasteiger partial charge is 0.335 e. The van der Waals surface area contributed by atoms with Crippen LogP contribution >= 0.6 is 0 Å². The minimum Gasteiger partial charge on any atom is -0.505 e. The minimum absolute atomic E-state index is 0. The van der Waals surface area contributed by atoms with E-state index in [9.17, 15) is 37.9 Å². The number of aromatic carboxylic acids is 2. The van der Waals surface area contributed by atoms with Gasteiger partial charge in [0.05, 0.1) is 28.2 Å². The fourth-order valence-electron chi connectivity index (χ4n) is 4.22. The van der Waals surface area contributed by atoms with E-state index in [1.165, 1.54) is 42.5 Å². The van der Waals surface area contributed by atoms with Crippen LogP contribution in [0.1, 0.15) is 20.7 Å². The number of azo groups is 2. The number of carboxylic acids is 2. The second kappa shape index (κ2) is 12.6. The molecule has 14 N–H and O–H groups in total. The Labute approximate surface area is 248 Å². The summed E-state index contributed by atoms with van der Waals surface area (Å²) >= 11 is 0. The number of phenolic OH excluding ortho intramolecular Hbond substituents is 1. The number of phenols is 1. The number of fused-ring (bicyclic) bond motifs is 2. The summed E-state index contributed by atoms with van der Waals surface area (Å²) in [6.45, 7) is 0. The number of hydrogen-bond donors (Lipinski definition) is 7. The number of nitrogens with two attached hydrogens (primary N) is 1. The Kier molecular flexibility index (Phi) is 9.36. The van der Waals surface area contributed by atoms with Gasteiger partial charge in [-0.25, -0.2) is 9.59 Å². The number of rotatable bonds is 7. The first-order valence-electron chi connectivity index (χ1n) is 11.9. The highest BCUT2D eigenvalue weighted by Crippen LogP contribution is 2.43. The Morgan fingerprint density at radius 1 is 0.682 bits per heavy atom. The molecule has 0 fully saturated rings. The number of hydrogen-bond acceptors (Lipinski definition) is 10. The van der Waals surface area contributed by atoms with Gasteiger partial charge >= 0.3 is 11.9 Å². The van der Waals surface area contributed by atoms with Gasteiger partial charge in [-0.05, 0) is 53.9 Å². The van der Waals surface area contributed by atoms with Crippen LogP contribution in [0.3, 0.4) is 0 Å². The van der Waals surface area contributed by atoms with Gasteiger partial charge in [-0.3, -0.25) is 4.55 Å². The van der Waals surface area contributed by atoms with Crippen molar-refractivity contribution in [1.29, 1.82) is 0 Å². The van der Waals surface area contributed by atoms with Crippen molar-refractivity contribution in [3.05, 3.63) is 90.0 Å². The first kappa shape index (κ1) is 32.7. The predicted octanol–water partition coefficient (Wildman–Crippen LogP) is 7.51. The van der Waals surface area contributed by atoms with Crippen LogP contribution in [0.25, 0.3) is 21.5 Å². The third-order valence-corrected chi connectivity index (χ3v) is 7.04. The van der Waals surface area contributed by atoms with Crippen LogP contribution in [0.15, 0.2) is 104 Å². The lowest BCUT2D eigenvalue weighted by Crippen LogP contribution is -2.01. The Bertz CT molecular complexity index is 2080. The van der Waals surface area contributed by atoms with E-state index in [1.54, 1.807) is 24.3 Å². The van der Waals surface area contributed by atoms with Crippen molar-refractivity contribution < 1.29 is 37.9 Å². The molecule has 0 radical (unpaired) electrons. The lowest BCUT2D eigenvalue weighted by atomic mass is 10.1. The maximum atomic E-state index is 12.1. The number of carboxylic acid groups (broad SMARTS) is 2. The van der Waals surface area contributed by atoms with E-state index in [2.05, 4.69) is 20.5 Å². The Morgan fingerprint density at radius 2 is 1.23 bits per heavy atom. The Morgan fingerprint density at radius 3 is 1.75 bits per heavy atom. The van der Waals surface area contributed by atoms with Gasteiger partial charge in [-0.15, -0.1) is 15.3 Å². The zero-order valence-corrected chi connectivity index (χ0v) is 24.0. The molecular formula is C28H27N7O8S+2. The maximum absolute atomic E-state index is 12.1. The van der Waals surface area contributed by atoms with Gasteiger partial charge in [0.2, 0.25) is 0 Å². The molecule has 0 aromatic heterocycles. The number of carbonyl (C=O) groups is 2. The molecule has 0 bridgehead atoms. The van der Waals surface area contributed by atoms with E-state index >= 15 is 0 Å². The number of aromatic hydroxyl groups is 1. The average Bonchev–Trinajstić information content (AvgIpc) is 2.95. The molecule has 5 aromatic rings. The van der Waals surface area contributed by atoms with Gasteiger partial charge < -0.3 is 33.4 Å². The summed E-state index contributed by atoms with van der Waals surface area (Å²) in [5, 5.41) is 47.3. The summed E-state index contributed by atoms with van der Waals surface area (Å²) in [4.78, 5) is 22.2. The minimum atomic E-state index is -4.81.